The number of amides is 1. The number of aromatic nitrogens is 2. The minimum absolute atomic E-state index is 0.197. The smallest absolute Gasteiger partial charge is 0.287 e. The fourth-order valence-corrected chi connectivity index (χ4v) is 3.40. The van der Waals surface area contributed by atoms with Gasteiger partial charge in [0, 0.05) is 10.6 Å². The molecule has 1 atom stereocenters. The topological polar surface area (TPSA) is 60.1 Å². The van der Waals surface area contributed by atoms with Crippen molar-refractivity contribution >= 4 is 28.5 Å². The van der Waals surface area contributed by atoms with Crippen molar-refractivity contribution in [1.29, 1.82) is 0 Å². The number of carbonyl (C=O) groups is 1. The van der Waals surface area contributed by atoms with Crippen LogP contribution in [0.3, 0.4) is 0 Å². The van der Waals surface area contributed by atoms with Gasteiger partial charge in [-0.15, -0.1) is 0 Å². The van der Waals surface area contributed by atoms with E-state index >= 15 is 0 Å². The molecule has 0 spiro atoms. The van der Waals surface area contributed by atoms with Crippen molar-refractivity contribution in [3.63, 3.8) is 0 Å². The first-order valence-electron chi connectivity index (χ1n) is 8.77. The largest absolute Gasteiger partial charge is 0.459 e. The second kappa shape index (κ2) is 7.48. The Morgan fingerprint density at radius 1 is 1.21 bits per heavy atom. The zero-order valence-electron chi connectivity index (χ0n) is 15.0. The monoisotopic (exact) mass is 397 g/mol. The van der Waals surface area contributed by atoms with E-state index in [1.54, 1.807) is 24.3 Å². The highest BCUT2D eigenvalue weighted by atomic mass is 35.5. The molecule has 4 aromatic rings. The Hall–Kier alpha value is -3.12. The predicted molar refractivity (Wildman–Crippen MR) is 105 cm³/mol. The van der Waals surface area contributed by atoms with E-state index in [9.17, 15) is 9.18 Å². The third-order valence-electron chi connectivity index (χ3n) is 4.54. The van der Waals surface area contributed by atoms with Crippen LogP contribution in [-0.2, 0) is 6.54 Å². The zero-order valence-corrected chi connectivity index (χ0v) is 15.8. The minimum Gasteiger partial charge on any atom is -0.459 e. The Kier molecular flexibility index (Phi) is 4.88. The normalized spacial score (nSPS) is 12.2. The second-order valence-corrected chi connectivity index (χ2v) is 6.82. The Morgan fingerprint density at radius 2 is 2.04 bits per heavy atom. The fraction of sp³-hybridized carbons (Fsp3) is 0.143. The number of furan rings is 1. The van der Waals surface area contributed by atoms with Gasteiger partial charge in [-0.3, -0.25) is 4.79 Å². The minimum atomic E-state index is -0.435. The molecule has 5 nitrogen and oxygen atoms in total. The molecule has 0 radical (unpaired) electrons. The number of para-hydroxylation sites is 2. The van der Waals surface area contributed by atoms with Crippen LogP contribution in [0.5, 0.6) is 0 Å². The molecule has 4 rings (SSSR count). The lowest BCUT2D eigenvalue weighted by molar-refractivity contribution is 0.0909. The maximum atomic E-state index is 14.4. The summed E-state index contributed by atoms with van der Waals surface area (Å²) in [7, 11) is 0. The first-order valence-corrected chi connectivity index (χ1v) is 9.15. The lowest BCUT2D eigenvalue weighted by Gasteiger charge is -2.17. The lowest BCUT2D eigenvalue weighted by Crippen LogP contribution is -2.28. The molecule has 0 saturated heterocycles. The van der Waals surface area contributed by atoms with Crippen LogP contribution >= 0.6 is 11.6 Å². The van der Waals surface area contributed by atoms with Crippen LogP contribution in [0, 0.1) is 5.82 Å². The molecule has 2 heterocycles. The maximum absolute atomic E-state index is 14.4. The fourth-order valence-electron chi connectivity index (χ4n) is 3.17. The molecule has 0 aliphatic heterocycles. The number of hydrogen-bond donors (Lipinski definition) is 1. The zero-order chi connectivity index (χ0) is 19.7. The second-order valence-electron chi connectivity index (χ2n) is 6.42. The summed E-state index contributed by atoms with van der Waals surface area (Å²) >= 11 is 6.23. The van der Waals surface area contributed by atoms with Gasteiger partial charge >= 0.3 is 0 Å². The van der Waals surface area contributed by atoms with Gasteiger partial charge in [-0.05, 0) is 43.3 Å². The summed E-state index contributed by atoms with van der Waals surface area (Å²) in [5, 5.41) is 3.22. The summed E-state index contributed by atoms with van der Waals surface area (Å²) in [6.45, 7) is 2.02. The molecule has 0 unspecified atom stereocenters. The van der Waals surface area contributed by atoms with E-state index in [0.717, 1.165) is 11.0 Å². The lowest BCUT2D eigenvalue weighted by atomic mass is 10.2. The van der Waals surface area contributed by atoms with Crippen LogP contribution in [0.15, 0.2) is 65.3 Å². The quantitative estimate of drug-likeness (QED) is 0.517. The van der Waals surface area contributed by atoms with Crippen LogP contribution in [0.1, 0.15) is 34.9 Å². The molecule has 1 N–H and O–H groups in total. The average molecular weight is 398 g/mol. The molecule has 7 heteroatoms. The van der Waals surface area contributed by atoms with Gasteiger partial charge in [0.1, 0.15) is 11.6 Å². The standard InChI is InChI=1S/C21H17ClFN3O2/c1-13(24-21(27)19-10-5-11-28-19)20-25-17-8-2-3-9-18(17)26(20)12-14-15(22)6-4-7-16(14)23/h2-11,13H,12H2,1H3,(H,24,27)/t13-/m1/s1. The average Bonchev–Trinajstić information content (AvgIpc) is 3.33. The van der Waals surface area contributed by atoms with Gasteiger partial charge in [-0.25, -0.2) is 9.37 Å². The van der Waals surface area contributed by atoms with Crippen LogP contribution in [0.2, 0.25) is 5.02 Å². The maximum Gasteiger partial charge on any atom is 0.287 e. The number of halogens is 2. The summed E-state index contributed by atoms with van der Waals surface area (Å²) in [5.41, 5.74) is 1.96. The van der Waals surface area contributed by atoms with Gasteiger partial charge in [-0.1, -0.05) is 29.8 Å². The van der Waals surface area contributed by atoms with Gasteiger partial charge in [0.05, 0.1) is 29.9 Å². The van der Waals surface area contributed by atoms with Gasteiger partial charge in [0.25, 0.3) is 5.91 Å². The molecule has 142 valence electrons. The van der Waals surface area contributed by atoms with Crippen molar-refractivity contribution in [3.05, 3.63) is 88.8 Å². The van der Waals surface area contributed by atoms with E-state index in [-0.39, 0.29) is 24.0 Å². The van der Waals surface area contributed by atoms with E-state index in [0.29, 0.717) is 16.4 Å². The molecule has 2 aromatic heterocycles. The summed E-state index contributed by atoms with van der Waals surface area (Å²) in [6, 6.07) is 14.9. The van der Waals surface area contributed by atoms with E-state index in [1.165, 1.54) is 12.3 Å². The number of carbonyl (C=O) groups excluding carboxylic acids is 1. The number of fused-ring (bicyclic) bond motifs is 1. The molecular weight excluding hydrogens is 381 g/mol. The number of nitrogens with zero attached hydrogens (tertiary/aromatic N) is 2. The Labute approximate surface area is 165 Å². The number of benzene rings is 2. The van der Waals surface area contributed by atoms with Gasteiger partial charge in [0.2, 0.25) is 0 Å². The van der Waals surface area contributed by atoms with Crippen molar-refractivity contribution in [3.8, 4) is 0 Å². The number of hydrogen-bond acceptors (Lipinski definition) is 3. The summed E-state index contributed by atoms with van der Waals surface area (Å²) in [4.78, 5) is 17.0. The summed E-state index contributed by atoms with van der Waals surface area (Å²) in [5.74, 6) is 0.0793. The van der Waals surface area contributed by atoms with Crippen molar-refractivity contribution in [2.75, 3.05) is 0 Å². The molecule has 0 fully saturated rings. The molecule has 1 amide bonds. The van der Waals surface area contributed by atoms with Crippen molar-refractivity contribution in [2.45, 2.75) is 19.5 Å². The molecule has 2 aromatic carbocycles. The summed E-state index contributed by atoms with van der Waals surface area (Å²) < 4.78 is 21.4. The molecular formula is C21H17ClFN3O2. The first kappa shape index (κ1) is 18.3. The van der Waals surface area contributed by atoms with Crippen molar-refractivity contribution in [2.24, 2.45) is 0 Å². The molecule has 0 aliphatic rings. The Morgan fingerprint density at radius 3 is 2.79 bits per heavy atom. The molecule has 28 heavy (non-hydrogen) atoms. The number of rotatable bonds is 5. The first-order chi connectivity index (χ1) is 13.5. The highest BCUT2D eigenvalue weighted by Crippen LogP contribution is 2.26. The molecule has 0 saturated carbocycles. The van der Waals surface area contributed by atoms with Crippen molar-refractivity contribution < 1.29 is 13.6 Å². The van der Waals surface area contributed by atoms with Crippen LogP contribution in [0.4, 0.5) is 4.39 Å². The van der Waals surface area contributed by atoms with Gasteiger partial charge < -0.3 is 14.3 Å². The van der Waals surface area contributed by atoms with Crippen LogP contribution in [-0.4, -0.2) is 15.5 Å². The Bertz CT molecular complexity index is 1120. The highest BCUT2D eigenvalue weighted by molar-refractivity contribution is 6.31. The number of nitrogens with one attached hydrogen (secondary N) is 1. The van der Waals surface area contributed by atoms with E-state index in [4.69, 9.17) is 16.0 Å². The van der Waals surface area contributed by atoms with Crippen LogP contribution in [0.25, 0.3) is 11.0 Å². The number of imidazole rings is 1. The Balaban J connectivity index is 1.74. The third kappa shape index (κ3) is 3.39. The summed E-state index contributed by atoms with van der Waals surface area (Å²) in [6.07, 6.45) is 1.44. The SMILES string of the molecule is C[C@@H](NC(=O)c1ccco1)c1nc2ccccc2n1Cc1c(F)cccc1Cl. The van der Waals surface area contributed by atoms with E-state index < -0.39 is 6.04 Å². The third-order valence-corrected chi connectivity index (χ3v) is 4.90. The van der Waals surface area contributed by atoms with Crippen LogP contribution < -0.4 is 5.32 Å². The van der Waals surface area contributed by atoms with E-state index in [2.05, 4.69) is 10.3 Å². The molecule has 0 bridgehead atoms. The van der Waals surface area contributed by atoms with E-state index in [1.807, 2.05) is 35.8 Å². The molecule has 0 aliphatic carbocycles. The predicted octanol–water partition coefficient (Wildman–Crippen LogP) is 4.96. The van der Waals surface area contributed by atoms with Gasteiger partial charge in [-0.2, -0.15) is 0 Å². The van der Waals surface area contributed by atoms with Gasteiger partial charge in [0.15, 0.2) is 5.76 Å². The van der Waals surface area contributed by atoms with Crippen molar-refractivity contribution in [1.82, 2.24) is 14.9 Å². The highest BCUT2D eigenvalue weighted by Gasteiger charge is 2.21.